The summed E-state index contributed by atoms with van der Waals surface area (Å²) in [7, 11) is 0. The van der Waals surface area contributed by atoms with Crippen molar-refractivity contribution in [3.8, 4) is 5.75 Å². The third kappa shape index (κ3) is 4.91. The number of rotatable bonds is 7. The van der Waals surface area contributed by atoms with Crippen molar-refractivity contribution in [3.05, 3.63) is 95.3 Å². The van der Waals surface area contributed by atoms with Crippen LogP contribution in [0.5, 0.6) is 5.75 Å². The number of aromatic carboxylic acids is 1. The summed E-state index contributed by atoms with van der Waals surface area (Å²) in [5.74, 6) is -0.689. The molecule has 0 spiro atoms. The van der Waals surface area contributed by atoms with Crippen LogP contribution in [0.1, 0.15) is 27.0 Å². The molecule has 3 rings (SSSR count). The number of phenols is 1. The summed E-state index contributed by atoms with van der Waals surface area (Å²) in [5.41, 5.74) is 3.38. The lowest BCUT2D eigenvalue weighted by Crippen LogP contribution is -2.22. The van der Waals surface area contributed by atoms with Crippen molar-refractivity contribution in [1.82, 2.24) is 9.88 Å². The first-order valence-electron chi connectivity index (χ1n) is 8.31. The lowest BCUT2D eigenvalue weighted by atomic mass is 10.1. The summed E-state index contributed by atoms with van der Waals surface area (Å²) in [6.45, 7) is 1.97. The Labute approximate surface area is 152 Å². The van der Waals surface area contributed by atoms with E-state index in [4.69, 9.17) is 0 Å². The topological polar surface area (TPSA) is 73.7 Å². The third-order valence-corrected chi connectivity index (χ3v) is 4.05. The van der Waals surface area contributed by atoms with E-state index < -0.39 is 5.97 Å². The molecule has 0 unspecified atom stereocenters. The van der Waals surface area contributed by atoms with Crippen LogP contribution in [-0.4, -0.2) is 26.1 Å². The molecule has 3 aromatic rings. The maximum Gasteiger partial charge on any atom is 0.335 e. The monoisotopic (exact) mass is 348 g/mol. The van der Waals surface area contributed by atoms with E-state index in [1.807, 2.05) is 36.5 Å². The lowest BCUT2D eigenvalue weighted by Gasteiger charge is -2.23. The Morgan fingerprint density at radius 3 is 2.27 bits per heavy atom. The second-order valence-corrected chi connectivity index (χ2v) is 6.18. The van der Waals surface area contributed by atoms with E-state index in [9.17, 15) is 15.0 Å². The molecule has 26 heavy (non-hydrogen) atoms. The second-order valence-electron chi connectivity index (χ2n) is 6.18. The number of carboxylic acids is 1. The van der Waals surface area contributed by atoms with E-state index in [1.165, 1.54) is 0 Å². The van der Waals surface area contributed by atoms with Gasteiger partial charge in [0.15, 0.2) is 0 Å². The van der Waals surface area contributed by atoms with E-state index in [-0.39, 0.29) is 11.3 Å². The van der Waals surface area contributed by atoms with Crippen LogP contribution in [0.2, 0.25) is 0 Å². The van der Waals surface area contributed by atoms with Gasteiger partial charge in [0.25, 0.3) is 0 Å². The molecule has 5 nitrogen and oxygen atoms in total. The largest absolute Gasteiger partial charge is 0.508 e. The van der Waals surface area contributed by atoms with Crippen LogP contribution in [-0.2, 0) is 19.6 Å². The van der Waals surface area contributed by atoms with E-state index in [1.54, 1.807) is 36.5 Å². The number of carboxylic acid groups (broad SMARTS) is 1. The number of benzene rings is 2. The van der Waals surface area contributed by atoms with Crippen LogP contribution in [0.25, 0.3) is 0 Å². The molecule has 132 valence electrons. The predicted molar refractivity (Wildman–Crippen MR) is 98.7 cm³/mol. The molecule has 2 aromatic carbocycles. The molecule has 0 aliphatic heterocycles. The second kappa shape index (κ2) is 8.27. The number of hydrogen-bond donors (Lipinski definition) is 2. The summed E-state index contributed by atoms with van der Waals surface area (Å²) in [6.07, 6.45) is 3.57. The number of phenolic OH excluding ortho intramolecular Hbond substituents is 1. The van der Waals surface area contributed by atoms with Gasteiger partial charge < -0.3 is 10.2 Å². The van der Waals surface area contributed by atoms with Crippen molar-refractivity contribution in [1.29, 1.82) is 0 Å². The van der Waals surface area contributed by atoms with Crippen LogP contribution in [0.3, 0.4) is 0 Å². The van der Waals surface area contributed by atoms with Gasteiger partial charge in [0, 0.05) is 32.0 Å². The van der Waals surface area contributed by atoms with Gasteiger partial charge in [-0.25, -0.2) is 4.79 Å². The minimum Gasteiger partial charge on any atom is -0.508 e. The Balaban J connectivity index is 1.81. The zero-order valence-corrected chi connectivity index (χ0v) is 14.2. The van der Waals surface area contributed by atoms with Crippen LogP contribution < -0.4 is 0 Å². The molecule has 0 aliphatic carbocycles. The van der Waals surface area contributed by atoms with Gasteiger partial charge in [0.1, 0.15) is 5.75 Å². The number of carbonyl (C=O) groups is 1. The highest BCUT2D eigenvalue weighted by Gasteiger charge is 2.11. The normalized spacial score (nSPS) is 10.8. The molecule has 0 aliphatic rings. The molecule has 0 radical (unpaired) electrons. The summed E-state index contributed by atoms with van der Waals surface area (Å²) in [4.78, 5) is 17.6. The fourth-order valence-electron chi connectivity index (χ4n) is 2.84. The van der Waals surface area contributed by atoms with Crippen LogP contribution in [0.4, 0.5) is 0 Å². The maximum absolute atomic E-state index is 11.2. The first kappa shape index (κ1) is 17.6. The summed E-state index contributed by atoms with van der Waals surface area (Å²) in [5, 5.41) is 18.7. The number of nitrogens with zero attached hydrogens (tertiary/aromatic N) is 2. The molecule has 0 amide bonds. The highest BCUT2D eigenvalue weighted by atomic mass is 16.4. The number of pyridine rings is 1. The Morgan fingerprint density at radius 2 is 1.58 bits per heavy atom. The van der Waals surface area contributed by atoms with Gasteiger partial charge in [-0.15, -0.1) is 0 Å². The molecule has 0 saturated heterocycles. The van der Waals surface area contributed by atoms with Crippen molar-refractivity contribution in [2.45, 2.75) is 19.6 Å². The fraction of sp³-hybridized carbons (Fsp3) is 0.143. The van der Waals surface area contributed by atoms with Gasteiger partial charge in [-0.3, -0.25) is 9.88 Å². The Kier molecular flexibility index (Phi) is 5.61. The third-order valence-electron chi connectivity index (χ3n) is 4.05. The molecular weight excluding hydrogens is 328 g/mol. The van der Waals surface area contributed by atoms with Gasteiger partial charge in [0.2, 0.25) is 0 Å². The van der Waals surface area contributed by atoms with Gasteiger partial charge in [-0.2, -0.15) is 0 Å². The van der Waals surface area contributed by atoms with Gasteiger partial charge in [-0.05, 0) is 47.0 Å². The average Bonchev–Trinajstić information content (AvgIpc) is 2.64. The van der Waals surface area contributed by atoms with Crippen molar-refractivity contribution < 1.29 is 15.0 Å². The molecule has 2 N–H and O–H groups in total. The first-order chi connectivity index (χ1) is 12.6. The molecule has 0 atom stereocenters. The minimum atomic E-state index is -0.927. The Morgan fingerprint density at radius 1 is 0.885 bits per heavy atom. The van der Waals surface area contributed by atoms with Gasteiger partial charge >= 0.3 is 5.97 Å². The van der Waals surface area contributed by atoms with E-state index >= 15 is 0 Å². The molecule has 0 bridgehead atoms. The Bertz CT molecular complexity index is 864. The average molecular weight is 348 g/mol. The summed E-state index contributed by atoms with van der Waals surface area (Å²) < 4.78 is 0. The number of hydrogen-bond acceptors (Lipinski definition) is 4. The van der Waals surface area contributed by atoms with E-state index in [0.29, 0.717) is 19.6 Å². The summed E-state index contributed by atoms with van der Waals surface area (Å²) in [6, 6.07) is 18.0. The fourth-order valence-corrected chi connectivity index (χ4v) is 2.84. The molecule has 0 fully saturated rings. The zero-order valence-electron chi connectivity index (χ0n) is 14.2. The summed E-state index contributed by atoms with van der Waals surface area (Å²) >= 11 is 0. The molecule has 1 heterocycles. The van der Waals surface area contributed by atoms with E-state index in [0.717, 1.165) is 16.7 Å². The van der Waals surface area contributed by atoms with E-state index in [2.05, 4.69) is 9.88 Å². The van der Waals surface area contributed by atoms with Gasteiger partial charge in [0.05, 0.1) is 5.56 Å². The smallest absolute Gasteiger partial charge is 0.335 e. The highest BCUT2D eigenvalue weighted by molar-refractivity contribution is 5.87. The molecular formula is C21H20N2O3. The van der Waals surface area contributed by atoms with Crippen LogP contribution >= 0.6 is 0 Å². The number of aromatic nitrogens is 1. The number of aromatic hydroxyl groups is 1. The van der Waals surface area contributed by atoms with Crippen molar-refractivity contribution in [3.63, 3.8) is 0 Å². The molecule has 0 saturated carbocycles. The van der Waals surface area contributed by atoms with Gasteiger partial charge in [-0.1, -0.05) is 30.3 Å². The van der Waals surface area contributed by atoms with Crippen LogP contribution in [0, 0.1) is 0 Å². The molecule has 5 heteroatoms. The van der Waals surface area contributed by atoms with Crippen LogP contribution in [0.15, 0.2) is 73.1 Å². The highest BCUT2D eigenvalue weighted by Crippen LogP contribution is 2.17. The SMILES string of the molecule is O=C(O)c1cccc(CN(Cc2ccc(O)cc2)Cc2cccnc2)c1. The molecule has 1 aromatic heterocycles. The maximum atomic E-state index is 11.2. The standard InChI is InChI=1S/C21H20N2O3/c24-20-8-6-16(7-9-20)13-23(15-18-4-2-10-22-12-18)14-17-3-1-5-19(11-17)21(25)26/h1-12,24H,13-15H2,(H,25,26). The Hall–Kier alpha value is -3.18. The first-order valence-corrected chi connectivity index (χ1v) is 8.31. The zero-order chi connectivity index (χ0) is 18.4. The predicted octanol–water partition coefficient (Wildman–Crippen LogP) is 3.69. The van der Waals surface area contributed by atoms with Crippen molar-refractivity contribution in [2.75, 3.05) is 0 Å². The lowest BCUT2D eigenvalue weighted by molar-refractivity contribution is 0.0696. The minimum absolute atomic E-state index is 0.238. The quantitative estimate of drug-likeness (QED) is 0.681. The van der Waals surface area contributed by atoms with Crippen molar-refractivity contribution >= 4 is 5.97 Å². The van der Waals surface area contributed by atoms with Crippen molar-refractivity contribution in [2.24, 2.45) is 0 Å².